The van der Waals surface area contributed by atoms with E-state index in [2.05, 4.69) is 14.7 Å². The minimum Gasteiger partial charge on any atom is -0.389 e. The molecule has 5 heteroatoms. The van der Waals surface area contributed by atoms with Crippen molar-refractivity contribution in [2.75, 3.05) is 0 Å². The van der Waals surface area contributed by atoms with Crippen LogP contribution in [0.3, 0.4) is 0 Å². The Kier molecular flexibility index (Phi) is 7.26. The zero-order chi connectivity index (χ0) is 14.9. The molecule has 0 bridgehead atoms. The Bertz CT molecular complexity index is 434. The quantitative estimate of drug-likeness (QED) is 0.466. The van der Waals surface area contributed by atoms with Crippen molar-refractivity contribution in [1.82, 2.24) is 9.97 Å². The van der Waals surface area contributed by atoms with Gasteiger partial charge in [0.15, 0.2) is 5.82 Å². The monoisotopic (exact) mass is 264 g/mol. The van der Waals surface area contributed by atoms with Crippen LogP contribution in [-0.2, 0) is 14.3 Å². The molecule has 0 saturated carbocycles. The van der Waals surface area contributed by atoms with Crippen LogP contribution in [-0.4, -0.2) is 21.9 Å². The average molecular weight is 264 g/mol. The SMILES string of the molecule is CC.CC(C)(C)C(=O)OC(=O)/C=C/c1ncccn1. The maximum absolute atomic E-state index is 11.4. The Morgan fingerprint density at radius 1 is 1.16 bits per heavy atom. The van der Waals surface area contributed by atoms with E-state index in [1.165, 1.54) is 6.08 Å². The number of rotatable bonds is 2. The van der Waals surface area contributed by atoms with Gasteiger partial charge >= 0.3 is 11.9 Å². The fourth-order valence-corrected chi connectivity index (χ4v) is 0.818. The summed E-state index contributed by atoms with van der Waals surface area (Å²) in [6.45, 7) is 9.02. The van der Waals surface area contributed by atoms with Crippen LogP contribution in [0.15, 0.2) is 24.5 Å². The average Bonchev–Trinajstić information content (AvgIpc) is 2.39. The van der Waals surface area contributed by atoms with Gasteiger partial charge in [0.1, 0.15) is 0 Å². The topological polar surface area (TPSA) is 69.2 Å². The lowest BCUT2D eigenvalue weighted by molar-refractivity contribution is -0.162. The molecule has 1 heterocycles. The summed E-state index contributed by atoms with van der Waals surface area (Å²) >= 11 is 0. The standard InChI is InChI=1S/C12H14N2O3.C2H6/c1-12(2,3)11(16)17-10(15)6-5-9-13-7-4-8-14-9;1-2/h4-8H,1-3H3;1-2H3/b6-5+;. The first-order valence-corrected chi connectivity index (χ1v) is 6.11. The van der Waals surface area contributed by atoms with Gasteiger partial charge in [-0.15, -0.1) is 0 Å². The number of nitrogens with zero attached hydrogens (tertiary/aromatic N) is 2. The summed E-state index contributed by atoms with van der Waals surface area (Å²) < 4.78 is 4.62. The van der Waals surface area contributed by atoms with Gasteiger partial charge in [-0.05, 0) is 32.9 Å². The number of ether oxygens (including phenoxy) is 1. The third kappa shape index (κ3) is 7.08. The molecule has 19 heavy (non-hydrogen) atoms. The molecule has 0 saturated heterocycles. The molecule has 104 valence electrons. The molecule has 0 aliphatic heterocycles. The Labute approximate surface area is 113 Å². The van der Waals surface area contributed by atoms with Gasteiger partial charge in [0.25, 0.3) is 0 Å². The Balaban J connectivity index is 0.00000154. The van der Waals surface area contributed by atoms with Gasteiger partial charge in [-0.2, -0.15) is 0 Å². The highest BCUT2D eigenvalue weighted by atomic mass is 16.6. The highest BCUT2D eigenvalue weighted by Gasteiger charge is 2.24. The molecule has 1 aromatic heterocycles. The highest BCUT2D eigenvalue weighted by molar-refractivity contribution is 5.95. The zero-order valence-corrected chi connectivity index (χ0v) is 12.0. The molecule has 0 fully saturated rings. The third-order valence-electron chi connectivity index (χ3n) is 1.76. The van der Waals surface area contributed by atoms with Crippen molar-refractivity contribution in [1.29, 1.82) is 0 Å². The number of aromatic nitrogens is 2. The number of hydrogen-bond acceptors (Lipinski definition) is 5. The fourth-order valence-electron chi connectivity index (χ4n) is 0.818. The molecule has 0 unspecified atom stereocenters. The molecular formula is C14H20N2O3. The van der Waals surface area contributed by atoms with Crippen LogP contribution in [0.5, 0.6) is 0 Å². The summed E-state index contributed by atoms with van der Waals surface area (Å²) in [6.07, 6.45) is 5.62. The van der Waals surface area contributed by atoms with Gasteiger partial charge < -0.3 is 4.74 Å². The van der Waals surface area contributed by atoms with E-state index in [0.29, 0.717) is 5.82 Å². The van der Waals surface area contributed by atoms with E-state index in [4.69, 9.17) is 0 Å². The summed E-state index contributed by atoms with van der Waals surface area (Å²) in [7, 11) is 0. The fraction of sp³-hybridized carbons (Fsp3) is 0.429. The predicted molar refractivity (Wildman–Crippen MR) is 73.0 cm³/mol. The number of carbonyl (C=O) groups excluding carboxylic acids is 2. The number of hydrogen-bond donors (Lipinski definition) is 0. The van der Waals surface area contributed by atoms with Crippen molar-refractivity contribution in [3.8, 4) is 0 Å². The van der Waals surface area contributed by atoms with Gasteiger partial charge in [-0.25, -0.2) is 14.8 Å². The van der Waals surface area contributed by atoms with Crippen molar-refractivity contribution in [3.63, 3.8) is 0 Å². The minimum absolute atomic E-state index is 0.382. The van der Waals surface area contributed by atoms with Crippen LogP contribution in [0.4, 0.5) is 0 Å². The summed E-state index contributed by atoms with van der Waals surface area (Å²) in [4.78, 5) is 30.4. The van der Waals surface area contributed by atoms with Gasteiger partial charge in [0, 0.05) is 18.5 Å². The van der Waals surface area contributed by atoms with E-state index in [-0.39, 0.29) is 0 Å². The molecule has 0 aliphatic rings. The molecule has 0 spiro atoms. The van der Waals surface area contributed by atoms with E-state index < -0.39 is 17.4 Å². The Hall–Kier alpha value is -2.04. The lowest BCUT2D eigenvalue weighted by Crippen LogP contribution is -2.25. The summed E-state index contributed by atoms with van der Waals surface area (Å²) in [5.41, 5.74) is -0.702. The summed E-state index contributed by atoms with van der Waals surface area (Å²) in [6, 6.07) is 1.67. The molecule has 0 aliphatic carbocycles. The van der Waals surface area contributed by atoms with Crippen LogP contribution in [0, 0.1) is 5.41 Å². The lowest BCUT2D eigenvalue weighted by Gasteiger charge is -2.14. The van der Waals surface area contributed by atoms with Crippen LogP contribution in [0.25, 0.3) is 6.08 Å². The predicted octanol–water partition coefficient (Wildman–Crippen LogP) is 2.63. The zero-order valence-electron chi connectivity index (χ0n) is 12.0. The first kappa shape index (κ1) is 17.0. The molecule has 0 radical (unpaired) electrons. The van der Waals surface area contributed by atoms with Crippen molar-refractivity contribution >= 4 is 18.0 Å². The van der Waals surface area contributed by atoms with Crippen molar-refractivity contribution in [3.05, 3.63) is 30.4 Å². The van der Waals surface area contributed by atoms with E-state index in [1.54, 1.807) is 39.2 Å². The molecule has 0 atom stereocenters. The van der Waals surface area contributed by atoms with E-state index in [9.17, 15) is 9.59 Å². The largest absolute Gasteiger partial charge is 0.389 e. The first-order valence-electron chi connectivity index (χ1n) is 6.11. The maximum atomic E-state index is 11.4. The van der Waals surface area contributed by atoms with Gasteiger partial charge in [0.2, 0.25) is 0 Å². The Morgan fingerprint density at radius 2 is 1.68 bits per heavy atom. The molecule has 5 nitrogen and oxygen atoms in total. The number of esters is 2. The smallest absolute Gasteiger partial charge is 0.338 e. The molecule has 0 amide bonds. The maximum Gasteiger partial charge on any atom is 0.338 e. The second-order valence-electron chi connectivity index (χ2n) is 4.40. The van der Waals surface area contributed by atoms with Crippen molar-refractivity contribution < 1.29 is 14.3 Å². The van der Waals surface area contributed by atoms with Crippen molar-refractivity contribution in [2.24, 2.45) is 5.41 Å². The van der Waals surface area contributed by atoms with Crippen LogP contribution < -0.4 is 0 Å². The van der Waals surface area contributed by atoms with Crippen LogP contribution in [0.2, 0.25) is 0 Å². The summed E-state index contributed by atoms with van der Waals surface area (Å²) in [5, 5.41) is 0. The molecule has 1 aromatic rings. The second-order valence-corrected chi connectivity index (χ2v) is 4.40. The van der Waals surface area contributed by atoms with E-state index in [1.807, 2.05) is 13.8 Å². The molecule has 0 aromatic carbocycles. The van der Waals surface area contributed by atoms with Crippen LogP contribution in [0.1, 0.15) is 40.4 Å². The molecule has 0 N–H and O–H groups in total. The Morgan fingerprint density at radius 3 is 2.16 bits per heavy atom. The van der Waals surface area contributed by atoms with Crippen molar-refractivity contribution in [2.45, 2.75) is 34.6 Å². The first-order chi connectivity index (χ1) is 8.89. The van der Waals surface area contributed by atoms with Gasteiger partial charge in [-0.3, -0.25) is 4.79 Å². The van der Waals surface area contributed by atoms with E-state index >= 15 is 0 Å². The molecular weight excluding hydrogens is 244 g/mol. The minimum atomic E-state index is -0.725. The third-order valence-corrected chi connectivity index (χ3v) is 1.76. The molecule has 1 rings (SSSR count). The van der Waals surface area contributed by atoms with Crippen LogP contribution >= 0.6 is 0 Å². The number of carbonyl (C=O) groups is 2. The van der Waals surface area contributed by atoms with Gasteiger partial charge in [-0.1, -0.05) is 13.8 Å². The van der Waals surface area contributed by atoms with Gasteiger partial charge in [0.05, 0.1) is 5.41 Å². The lowest BCUT2D eigenvalue weighted by atomic mass is 9.97. The highest BCUT2D eigenvalue weighted by Crippen LogP contribution is 2.15. The summed E-state index contributed by atoms with van der Waals surface area (Å²) in [5.74, 6) is -0.911. The van der Waals surface area contributed by atoms with E-state index in [0.717, 1.165) is 6.08 Å². The normalized spacial score (nSPS) is 10.6. The second kappa shape index (κ2) is 8.13.